The standard InChI is InChI=1S/C24H23BrFN7O3S/c1-30-12-16(22(26)29-30)20-19(25)18-21-17(31(2)24(34)32(21)14-9-8-13(27)10-14)11-28-23(18)33(20)37(35,36)15-6-4-3-5-7-15/h3-7,11-14H,8-10,27H2,1-2H3/t13-,14-/m1/s1. The summed E-state index contributed by atoms with van der Waals surface area (Å²) in [5, 5.41) is 4.19. The van der Waals surface area contributed by atoms with E-state index in [1.54, 1.807) is 36.9 Å². The highest BCUT2D eigenvalue weighted by atomic mass is 79.9. The molecule has 0 spiro atoms. The zero-order chi connectivity index (χ0) is 26.2. The van der Waals surface area contributed by atoms with Crippen LogP contribution in [0.25, 0.3) is 33.3 Å². The summed E-state index contributed by atoms with van der Waals surface area (Å²) in [6.45, 7) is 0. The van der Waals surface area contributed by atoms with Crippen LogP contribution >= 0.6 is 15.9 Å². The number of fused-ring (bicyclic) bond motifs is 3. The van der Waals surface area contributed by atoms with E-state index < -0.39 is 16.0 Å². The van der Waals surface area contributed by atoms with Gasteiger partial charge >= 0.3 is 5.69 Å². The first-order chi connectivity index (χ1) is 17.6. The number of rotatable bonds is 4. The van der Waals surface area contributed by atoms with E-state index in [0.29, 0.717) is 33.7 Å². The second-order valence-electron chi connectivity index (χ2n) is 9.38. The van der Waals surface area contributed by atoms with Crippen LogP contribution in [-0.4, -0.2) is 42.3 Å². The van der Waals surface area contributed by atoms with E-state index in [1.807, 2.05) is 0 Å². The lowest BCUT2D eigenvalue weighted by molar-refractivity contribution is 0.502. The molecule has 0 aliphatic heterocycles. The van der Waals surface area contributed by atoms with Crippen LogP contribution < -0.4 is 11.4 Å². The minimum Gasteiger partial charge on any atom is -0.328 e. The Balaban J connectivity index is 1.80. The molecule has 1 saturated carbocycles. The molecule has 4 aromatic heterocycles. The topological polar surface area (TPSA) is 123 Å². The van der Waals surface area contributed by atoms with Crippen molar-refractivity contribution in [2.75, 3.05) is 0 Å². The number of aromatic nitrogens is 6. The summed E-state index contributed by atoms with van der Waals surface area (Å²) in [6, 6.07) is 7.68. The van der Waals surface area contributed by atoms with Crippen molar-refractivity contribution in [3.8, 4) is 11.3 Å². The van der Waals surface area contributed by atoms with Gasteiger partial charge in [0, 0.05) is 32.4 Å². The third-order valence-electron chi connectivity index (χ3n) is 7.06. The van der Waals surface area contributed by atoms with Crippen LogP contribution in [0.15, 0.2) is 56.9 Å². The smallest absolute Gasteiger partial charge is 0.328 e. The lowest BCUT2D eigenvalue weighted by Crippen LogP contribution is -2.26. The van der Waals surface area contributed by atoms with Gasteiger partial charge in [0.1, 0.15) is 0 Å². The first-order valence-electron chi connectivity index (χ1n) is 11.7. The number of nitrogens with two attached hydrogens (primary N) is 1. The van der Waals surface area contributed by atoms with Gasteiger partial charge in [0.25, 0.3) is 10.0 Å². The predicted octanol–water partition coefficient (Wildman–Crippen LogP) is 3.28. The summed E-state index contributed by atoms with van der Waals surface area (Å²) in [5.74, 6) is -0.834. The molecule has 1 fully saturated rings. The van der Waals surface area contributed by atoms with Crippen LogP contribution in [0.1, 0.15) is 25.3 Å². The molecule has 2 N–H and O–H groups in total. The molecule has 1 aromatic carbocycles. The molecular weight excluding hydrogens is 565 g/mol. The molecule has 13 heteroatoms. The third kappa shape index (κ3) is 3.44. The fourth-order valence-electron chi connectivity index (χ4n) is 5.35. The Morgan fingerprint density at radius 2 is 1.89 bits per heavy atom. The average Bonchev–Trinajstić information content (AvgIpc) is 3.59. The number of pyridine rings is 1. The number of halogens is 2. The van der Waals surface area contributed by atoms with Crippen LogP contribution in [0.5, 0.6) is 0 Å². The normalized spacial score (nSPS) is 18.4. The molecule has 0 amide bonds. The van der Waals surface area contributed by atoms with Gasteiger partial charge in [-0.25, -0.2) is 22.2 Å². The highest BCUT2D eigenvalue weighted by Crippen LogP contribution is 2.44. The molecule has 5 aromatic rings. The van der Waals surface area contributed by atoms with Crippen molar-refractivity contribution < 1.29 is 12.8 Å². The molecule has 10 nitrogen and oxygen atoms in total. The van der Waals surface area contributed by atoms with Gasteiger partial charge in [-0.2, -0.15) is 4.39 Å². The molecule has 0 radical (unpaired) electrons. The van der Waals surface area contributed by atoms with Crippen LogP contribution in [0.2, 0.25) is 0 Å². The molecule has 0 bridgehead atoms. The first kappa shape index (κ1) is 24.1. The molecule has 2 atom stereocenters. The van der Waals surface area contributed by atoms with Gasteiger partial charge in [0.15, 0.2) is 5.65 Å². The highest BCUT2D eigenvalue weighted by molar-refractivity contribution is 9.10. The number of nitrogens with zero attached hydrogens (tertiary/aromatic N) is 6. The van der Waals surface area contributed by atoms with Crippen molar-refractivity contribution in [1.82, 2.24) is 27.9 Å². The van der Waals surface area contributed by atoms with Crippen LogP contribution in [0, 0.1) is 5.95 Å². The van der Waals surface area contributed by atoms with Gasteiger partial charge < -0.3 is 5.73 Å². The summed E-state index contributed by atoms with van der Waals surface area (Å²) in [4.78, 5) is 17.9. The Labute approximate surface area is 219 Å². The third-order valence-corrected chi connectivity index (χ3v) is 9.54. The van der Waals surface area contributed by atoms with Gasteiger partial charge in [-0.3, -0.25) is 13.8 Å². The van der Waals surface area contributed by atoms with Crippen molar-refractivity contribution in [3.63, 3.8) is 0 Å². The lowest BCUT2D eigenvalue weighted by atomic mass is 10.2. The maximum Gasteiger partial charge on any atom is 0.329 e. The summed E-state index contributed by atoms with van der Waals surface area (Å²) in [7, 11) is -1.04. The maximum atomic E-state index is 15.1. The lowest BCUT2D eigenvalue weighted by Gasteiger charge is -2.13. The van der Waals surface area contributed by atoms with Gasteiger partial charge in [0.2, 0.25) is 5.95 Å². The van der Waals surface area contributed by atoms with Crippen molar-refractivity contribution in [2.45, 2.75) is 36.2 Å². The van der Waals surface area contributed by atoms with E-state index >= 15 is 4.39 Å². The monoisotopic (exact) mass is 587 g/mol. The average molecular weight is 588 g/mol. The molecule has 6 rings (SSSR count). The van der Waals surface area contributed by atoms with Crippen LogP contribution in [0.4, 0.5) is 4.39 Å². The summed E-state index contributed by atoms with van der Waals surface area (Å²) >= 11 is 3.58. The second kappa shape index (κ2) is 8.36. The number of imidazole rings is 1. The maximum absolute atomic E-state index is 15.1. The van der Waals surface area contributed by atoms with Gasteiger partial charge in [0.05, 0.1) is 43.2 Å². The molecule has 37 heavy (non-hydrogen) atoms. The minimum absolute atomic E-state index is 0.0130. The van der Waals surface area contributed by atoms with Crippen molar-refractivity contribution >= 4 is 48.0 Å². The van der Waals surface area contributed by atoms with Crippen molar-refractivity contribution in [1.29, 1.82) is 0 Å². The molecule has 1 aliphatic rings. The number of hydrogen-bond donors (Lipinski definition) is 1. The zero-order valence-corrected chi connectivity index (χ0v) is 22.4. The SMILES string of the molecule is Cn1cc(-c2c(Br)c3c(ncc4c3n([C@@H]3CC[C@@H](N)C3)c(=O)n4C)n2S(=O)(=O)c2ccccc2)c(F)n1. The fraction of sp³-hybridized carbons (Fsp3) is 0.292. The van der Waals surface area contributed by atoms with E-state index in [1.165, 1.54) is 33.8 Å². The Kier molecular flexibility index (Phi) is 5.44. The zero-order valence-electron chi connectivity index (χ0n) is 20.0. The van der Waals surface area contributed by atoms with Crippen molar-refractivity contribution in [2.24, 2.45) is 19.8 Å². The summed E-state index contributed by atoms with van der Waals surface area (Å²) in [5.41, 5.74) is 7.07. The quantitative estimate of drug-likeness (QED) is 0.344. The van der Waals surface area contributed by atoms with E-state index in [0.717, 1.165) is 10.4 Å². The molecular formula is C24H23BrFN7O3S. The molecule has 1 aliphatic carbocycles. The second-order valence-corrected chi connectivity index (χ2v) is 12.0. The van der Waals surface area contributed by atoms with E-state index in [4.69, 9.17) is 5.73 Å². The Hall–Kier alpha value is -3.29. The summed E-state index contributed by atoms with van der Waals surface area (Å²) < 4.78 is 48.9. The van der Waals surface area contributed by atoms with Gasteiger partial charge in [-0.05, 0) is 47.3 Å². The number of aryl methyl sites for hydroxylation is 2. The number of benzene rings is 1. The largest absolute Gasteiger partial charge is 0.329 e. The van der Waals surface area contributed by atoms with Crippen LogP contribution in [0.3, 0.4) is 0 Å². The predicted molar refractivity (Wildman–Crippen MR) is 140 cm³/mol. The van der Waals surface area contributed by atoms with Crippen LogP contribution in [-0.2, 0) is 24.1 Å². The van der Waals surface area contributed by atoms with E-state index in [-0.39, 0.29) is 39.6 Å². The van der Waals surface area contributed by atoms with Gasteiger partial charge in [-0.15, -0.1) is 5.10 Å². The number of hydrogen-bond acceptors (Lipinski definition) is 6. The van der Waals surface area contributed by atoms with E-state index in [2.05, 4.69) is 26.0 Å². The van der Waals surface area contributed by atoms with Crippen molar-refractivity contribution in [3.05, 3.63) is 63.6 Å². The molecule has 192 valence electrons. The van der Waals surface area contributed by atoms with Gasteiger partial charge in [-0.1, -0.05) is 18.2 Å². The molecule has 4 heterocycles. The minimum atomic E-state index is -4.24. The Morgan fingerprint density at radius 1 is 1.16 bits per heavy atom. The fourth-order valence-corrected chi connectivity index (χ4v) is 7.73. The highest BCUT2D eigenvalue weighted by Gasteiger charge is 2.34. The van der Waals surface area contributed by atoms with E-state index in [9.17, 15) is 13.2 Å². The molecule has 0 unspecified atom stereocenters. The Bertz CT molecular complexity index is 1870. The first-order valence-corrected chi connectivity index (χ1v) is 13.9. The Morgan fingerprint density at radius 3 is 2.51 bits per heavy atom. The summed E-state index contributed by atoms with van der Waals surface area (Å²) in [6.07, 6.45) is 5.01. The molecule has 0 saturated heterocycles.